The second-order valence-corrected chi connectivity index (χ2v) is 6.83. The molecule has 5 nitrogen and oxygen atoms in total. The highest BCUT2D eigenvalue weighted by Crippen LogP contribution is 2.23. The molecule has 2 aromatic rings. The number of nitrogens with zero attached hydrogens (tertiary/aromatic N) is 2. The molecule has 0 amide bonds. The van der Waals surface area contributed by atoms with Crippen molar-refractivity contribution in [1.29, 1.82) is 0 Å². The Bertz CT molecular complexity index is 743. The first-order valence-corrected chi connectivity index (χ1v) is 8.12. The van der Waals surface area contributed by atoms with E-state index in [-0.39, 0.29) is 10.0 Å². The maximum atomic E-state index is 11.4. The van der Waals surface area contributed by atoms with Crippen LogP contribution in [0.5, 0.6) is 0 Å². The molecule has 7 heteroatoms. The van der Waals surface area contributed by atoms with E-state index in [2.05, 4.69) is 15.3 Å². The molecule has 0 saturated heterocycles. The second kappa shape index (κ2) is 5.38. The monoisotopic (exact) mass is 311 g/mol. The van der Waals surface area contributed by atoms with E-state index in [1.165, 1.54) is 18.4 Å². The summed E-state index contributed by atoms with van der Waals surface area (Å²) in [4.78, 5) is 8.75. The highest BCUT2D eigenvalue weighted by molar-refractivity contribution is 7.90. The van der Waals surface area contributed by atoms with Crippen LogP contribution in [0, 0.1) is 13.8 Å². The molecule has 0 aliphatic rings. The Morgan fingerprint density at radius 1 is 1.05 bits per heavy atom. The number of aromatic nitrogens is 2. The van der Waals surface area contributed by atoms with E-state index < -0.39 is 9.84 Å². The molecule has 0 spiro atoms. The molecule has 0 aliphatic heterocycles. The predicted octanol–water partition coefficient (Wildman–Crippen LogP) is 2.89. The van der Waals surface area contributed by atoms with Crippen molar-refractivity contribution in [2.45, 2.75) is 18.7 Å². The average Bonchev–Trinajstić information content (AvgIpc) is 2.35. The van der Waals surface area contributed by atoms with Crippen LogP contribution >= 0.6 is 11.6 Å². The lowest BCUT2D eigenvalue weighted by molar-refractivity contribution is 0.602. The van der Waals surface area contributed by atoms with E-state index in [0.717, 1.165) is 11.4 Å². The molecule has 0 saturated carbocycles. The molecular weight excluding hydrogens is 298 g/mol. The highest BCUT2D eigenvalue weighted by Gasteiger charge is 2.09. The van der Waals surface area contributed by atoms with Gasteiger partial charge < -0.3 is 5.32 Å². The molecule has 20 heavy (non-hydrogen) atoms. The molecule has 0 radical (unpaired) electrons. The zero-order valence-electron chi connectivity index (χ0n) is 11.3. The summed E-state index contributed by atoms with van der Waals surface area (Å²) in [6.45, 7) is 3.68. The van der Waals surface area contributed by atoms with Crippen molar-refractivity contribution in [1.82, 2.24) is 9.97 Å². The first kappa shape index (κ1) is 14.7. The lowest BCUT2D eigenvalue weighted by atomic mass is 10.3. The van der Waals surface area contributed by atoms with Crippen molar-refractivity contribution in [3.8, 4) is 0 Å². The van der Waals surface area contributed by atoms with Gasteiger partial charge in [0.05, 0.1) is 16.3 Å². The summed E-state index contributed by atoms with van der Waals surface area (Å²) in [7, 11) is -3.19. The van der Waals surface area contributed by atoms with Crippen molar-refractivity contribution in [2.24, 2.45) is 0 Å². The van der Waals surface area contributed by atoms with Crippen molar-refractivity contribution in [3.63, 3.8) is 0 Å². The lowest BCUT2D eigenvalue weighted by Crippen LogP contribution is -2.01. The van der Waals surface area contributed by atoms with Gasteiger partial charge in [0.1, 0.15) is 0 Å². The molecule has 1 aromatic heterocycles. The Hall–Kier alpha value is -1.66. The molecule has 0 atom stereocenters. The van der Waals surface area contributed by atoms with Crippen molar-refractivity contribution < 1.29 is 8.42 Å². The van der Waals surface area contributed by atoms with Gasteiger partial charge in [0.15, 0.2) is 20.8 Å². The van der Waals surface area contributed by atoms with Gasteiger partial charge in [-0.05, 0) is 38.1 Å². The van der Waals surface area contributed by atoms with E-state index in [1.807, 2.05) is 13.8 Å². The number of halogens is 1. The Morgan fingerprint density at radius 3 is 2.15 bits per heavy atom. The summed E-state index contributed by atoms with van der Waals surface area (Å²) in [6, 6.07) is 6.37. The molecule has 0 bridgehead atoms. The molecule has 1 N–H and O–H groups in total. The summed E-state index contributed by atoms with van der Waals surface area (Å²) >= 11 is 6.02. The van der Waals surface area contributed by atoms with Crippen LogP contribution in [0.2, 0.25) is 5.15 Å². The van der Waals surface area contributed by atoms with E-state index in [4.69, 9.17) is 11.6 Å². The summed E-state index contributed by atoms with van der Waals surface area (Å²) < 4.78 is 22.7. The normalized spacial score (nSPS) is 11.4. The van der Waals surface area contributed by atoms with Crippen molar-refractivity contribution in [3.05, 3.63) is 40.8 Å². The fraction of sp³-hybridized carbons (Fsp3) is 0.231. The van der Waals surface area contributed by atoms with Crippen LogP contribution in [0.1, 0.15) is 11.4 Å². The Balaban J connectivity index is 2.29. The van der Waals surface area contributed by atoms with Gasteiger partial charge in [0, 0.05) is 11.9 Å². The zero-order valence-corrected chi connectivity index (χ0v) is 12.9. The summed E-state index contributed by atoms with van der Waals surface area (Å²) in [5, 5.41) is 3.30. The van der Waals surface area contributed by atoms with Gasteiger partial charge in [-0.15, -0.1) is 0 Å². The quantitative estimate of drug-likeness (QED) is 0.943. The molecule has 0 aliphatic carbocycles. The van der Waals surface area contributed by atoms with E-state index in [0.29, 0.717) is 11.5 Å². The standard InChI is InChI=1S/C13H14ClN3O2S/c1-8-9(2)16-13(12(14)15-8)17-10-4-6-11(7-5-10)20(3,18)19/h4-7H,1-3H3,(H,16,17). The maximum absolute atomic E-state index is 11.4. The minimum atomic E-state index is -3.19. The van der Waals surface area contributed by atoms with Gasteiger partial charge in [-0.3, -0.25) is 0 Å². The number of benzene rings is 1. The van der Waals surface area contributed by atoms with Gasteiger partial charge >= 0.3 is 0 Å². The van der Waals surface area contributed by atoms with Gasteiger partial charge in [-0.25, -0.2) is 18.4 Å². The van der Waals surface area contributed by atoms with Crippen LogP contribution in [0.15, 0.2) is 29.2 Å². The van der Waals surface area contributed by atoms with Crippen LogP contribution in [0.4, 0.5) is 11.5 Å². The Kier molecular flexibility index (Phi) is 3.96. The molecule has 0 unspecified atom stereocenters. The third-order valence-corrected chi connectivity index (χ3v) is 4.20. The second-order valence-electron chi connectivity index (χ2n) is 4.46. The number of hydrogen-bond donors (Lipinski definition) is 1. The lowest BCUT2D eigenvalue weighted by Gasteiger charge is -2.09. The first-order valence-electron chi connectivity index (χ1n) is 5.85. The van der Waals surface area contributed by atoms with Crippen molar-refractivity contribution >= 4 is 32.9 Å². The number of aryl methyl sites for hydroxylation is 2. The fourth-order valence-corrected chi connectivity index (χ4v) is 2.42. The van der Waals surface area contributed by atoms with E-state index in [1.54, 1.807) is 12.1 Å². The molecule has 1 aromatic carbocycles. The third kappa shape index (κ3) is 3.26. The van der Waals surface area contributed by atoms with E-state index in [9.17, 15) is 8.42 Å². The van der Waals surface area contributed by atoms with Gasteiger partial charge in [-0.2, -0.15) is 0 Å². The summed E-state index contributed by atoms with van der Waals surface area (Å²) in [6.07, 6.45) is 1.17. The topological polar surface area (TPSA) is 72.0 Å². The van der Waals surface area contributed by atoms with Crippen LogP contribution in [-0.4, -0.2) is 24.6 Å². The number of nitrogens with one attached hydrogen (secondary N) is 1. The van der Waals surface area contributed by atoms with Crippen LogP contribution in [0.25, 0.3) is 0 Å². The fourth-order valence-electron chi connectivity index (χ4n) is 1.58. The van der Waals surface area contributed by atoms with Gasteiger partial charge in [0.25, 0.3) is 0 Å². The van der Waals surface area contributed by atoms with Crippen molar-refractivity contribution in [2.75, 3.05) is 11.6 Å². The molecule has 106 valence electrons. The molecule has 0 fully saturated rings. The minimum absolute atomic E-state index is 0.264. The third-order valence-electron chi connectivity index (χ3n) is 2.81. The average molecular weight is 312 g/mol. The summed E-state index contributed by atoms with van der Waals surface area (Å²) in [5.41, 5.74) is 2.24. The SMILES string of the molecule is Cc1nc(Cl)c(Nc2ccc(S(C)(=O)=O)cc2)nc1C. The Morgan fingerprint density at radius 2 is 1.60 bits per heavy atom. The zero-order chi connectivity index (χ0) is 14.9. The largest absolute Gasteiger partial charge is 0.338 e. The van der Waals surface area contributed by atoms with Gasteiger partial charge in [0.2, 0.25) is 0 Å². The smallest absolute Gasteiger partial charge is 0.175 e. The minimum Gasteiger partial charge on any atom is -0.338 e. The number of hydrogen-bond acceptors (Lipinski definition) is 5. The number of anilines is 2. The highest BCUT2D eigenvalue weighted by atomic mass is 35.5. The molecular formula is C13H14ClN3O2S. The van der Waals surface area contributed by atoms with Crippen LogP contribution < -0.4 is 5.32 Å². The summed E-state index contributed by atoms with van der Waals surface area (Å²) in [5.74, 6) is 0.446. The molecule has 2 rings (SSSR count). The maximum Gasteiger partial charge on any atom is 0.175 e. The molecule has 1 heterocycles. The van der Waals surface area contributed by atoms with Crippen LogP contribution in [0.3, 0.4) is 0 Å². The van der Waals surface area contributed by atoms with Gasteiger partial charge in [-0.1, -0.05) is 11.6 Å². The Labute approximate surface area is 123 Å². The van der Waals surface area contributed by atoms with Crippen LogP contribution in [-0.2, 0) is 9.84 Å². The first-order chi connectivity index (χ1) is 9.27. The van der Waals surface area contributed by atoms with E-state index >= 15 is 0 Å². The number of rotatable bonds is 3. The number of sulfone groups is 1. The predicted molar refractivity (Wildman–Crippen MR) is 79.4 cm³/mol.